The van der Waals surface area contributed by atoms with E-state index in [9.17, 15) is 14.7 Å². The molecule has 2 aromatic rings. The Morgan fingerprint density at radius 2 is 1.52 bits per heavy atom. The molecule has 1 atom stereocenters. The number of urea groups is 1. The van der Waals surface area contributed by atoms with Gasteiger partial charge in [0.25, 0.3) is 5.91 Å². The molecule has 23 heavy (non-hydrogen) atoms. The topological polar surface area (TPSA) is 95.7 Å². The Hall–Kier alpha value is -2.86. The largest absolute Gasteiger partial charge is 0.372 e. The Morgan fingerprint density at radius 3 is 2.00 bits per heavy atom. The fraction of sp³-hybridized carbons (Fsp3) is 0.176. The molecule has 0 bridgehead atoms. The molecule has 0 fully saturated rings. The molecule has 0 aromatic heterocycles. The van der Waals surface area contributed by atoms with E-state index in [0.29, 0.717) is 16.8 Å². The summed E-state index contributed by atoms with van der Waals surface area (Å²) in [7, 11) is 3.26. The number of rotatable bonds is 4. The molecule has 0 aliphatic heterocycles. The van der Waals surface area contributed by atoms with E-state index in [0.717, 1.165) is 0 Å². The molecule has 0 radical (unpaired) electrons. The van der Waals surface area contributed by atoms with Gasteiger partial charge >= 0.3 is 6.03 Å². The fourth-order valence-corrected chi connectivity index (χ4v) is 2.16. The number of primary amides is 1. The van der Waals surface area contributed by atoms with Crippen LogP contribution >= 0.6 is 0 Å². The zero-order valence-corrected chi connectivity index (χ0v) is 13.0. The predicted molar refractivity (Wildman–Crippen MR) is 87.8 cm³/mol. The van der Waals surface area contributed by atoms with Gasteiger partial charge in [-0.05, 0) is 23.3 Å². The van der Waals surface area contributed by atoms with E-state index in [-0.39, 0.29) is 6.03 Å². The zero-order chi connectivity index (χ0) is 17.0. The summed E-state index contributed by atoms with van der Waals surface area (Å²) in [5.74, 6) is -0.867. The maximum absolute atomic E-state index is 11.9. The number of hydrogen-bond acceptors (Lipinski definition) is 3. The van der Waals surface area contributed by atoms with Gasteiger partial charge in [-0.15, -0.1) is 0 Å². The molecule has 0 spiro atoms. The van der Waals surface area contributed by atoms with Gasteiger partial charge in [-0.25, -0.2) is 4.79 Å². The number of anilines is 1. The van der Waals surface area contributed by atoms with Gasteiger partial charge in [0.1, 0.15) is 0 Å². The first-order valence-electron chi connectivity index (χ1n) is 7.02. The van der Waals surface area contributed by atoms with E-state index >= 15 is 0 Å². The van der Waals surface area contributed by atoms with E-state index in [1.165, 1.54) is 4.90 Å². The van der Waals surface area contributed by atoms with Crippen LogP contribution in [0.5, 0.6) is 0 Å². The van der Waals surface area contributed by atoms with Gasteiger partial charge in [0.15, 0.2) is 5.60 Å². The normalized spacial score (nSPS) is 13.0. The second-order valence-electron chi connectivity index (χ2n) is 5.34. The number of carbonyl (C=O) groups is 2. The number of nitrogens with one attached hydrogen (secondary N) is 1. The predicted octanol–water partition coefficient (Wildman–Crippen LogP) is 1.50. The number of benzene rings is 2. The number of carbonyl (C=O) groups excluding carboxylic acids is 2. The monoisotopic (exact) mass is 313 g/mol. The van der Waals surface area contributed by atoms with E-state index in [1.807, 2.05) is 0 Å². The van der Waals surface area contributed by atoms with Crippen LogP contribution in [0.3, 0.4) is 0 Å². The molecular weight excluding hydrogens is 294 g/mol. The van der Waals surface area contributed by atoms with Gasteiger partial charge in [0, 0.05) is 19.8 Å². The summed E-state index contributed by atoms with van der Waals surface area (Å²) in [6.45, 7) is 0. The third-order valence-corrected chi connectivity index (χ3v) is 3.51. The molecular formula is C17H19N3O3. The maximum atomic E-state index is 11.9. The van der Waals surface area contributed by atoms with Crippen molar-refractivity contribution in [2.75, 3.05) is 19.4 Å². The van der Waals surface area contributed by atoms with Crippen LogP contribution in [0.2, 0.25) is 0 Å². The third kappa shape index (κ3) is 3.32. The summed E-state index contributed by atoms with van der Waals surface area (Å²) in [6, 6.07) is 14.5. The zero-order valence-electron chi connectivity index (χ0n) is 13.0. The lowest BCUT2D eigenvalue weighted by Crippen LogP contribution is -2.42. The van der Waals surface area contributed by atoms with Gasteiger partial charge in [0.05, 0.1) is 0 Å². The SMILES string of the molecule is CN(C)C(=O)Nc1ccc(C(O)(C(N)=O)c2ccccc2)cc1. The van der Waals surface area contributed by atoms with Crippen molar-refractivity contribution >= 4 is 17.6 Å². The van der Waals surface area contributed by atoms with Gasteiger partial charge in [-0.3, -0.25) is 4.79 Å². The Labute approximate surface area is 134 Å². The van der Waals surface area contributed by atoms with E-state index in [2.05, 4.69) is 5.32 Å². The lowest BCUT2D eigenvalue weighted by molar-refractivity contribution is -0.133. The molecule has 1 unspecified atom stereocenters. The highest BCUT2D eigenvalue weighted by Crippen LogP contribution is 2.30. The first-order valence-corrected chi connectivity index (χ1v) is 7.02. The van der Waals surface area contributed by atoms with Gasteiger partial charge in [-0.2, -0.15) is 0 Å². The van der Waals surface area contributed by atoms with Crippen LogP contribution in [0.4, 0.5) is 10.5 Å². The van der Waals surface area contributed by atoms with Crippen molar-refractivity contribution in [1.29, 1.82) is 0 Å². The van der Waals surface area contributed by atoms with Crippen LogP contribution in [0.15, 0.2) is 54.6 Å². The highest BCUT2D eigenvalue weighted by molar-refractivity contribution is 5.90. The van der Waals surface area contributed by atoms with E-state index in [4.69, 9.17) is 5.73 Å². The van der Waals surface area contributed by atoms with Crippen molar-refractivity contribution in [3.05, 3.63) is 65.7 Å². The number of amides is 3. The summed E-state index contributed by atoms with van der Waals surface area (Å²) < 4.78 is 0. The third-order valence-electron chi connectivity index (χ3n) is 3.51. The minimum Gasteiger partial charge on any atom is -0.372 e. The van der Waals surface area contributed by atoms with Crippen LogP contribution < -0.4 is 11.1 Å². The van der Waals surface area contributed by atoms with Crippen LogP contribution in [0.25, 0.3) is 0 Å². The fourth-order valence-electron chi connectivity index (χ4n) is 2.16. The number of hydrogen-bond donors (Lipinski definition) is 3. The number of nitrogens with two attached hydrogens (primary N) is 1. The average molecular weight is 313 g/mol. The van der Waals surface area contributed by atoms with Crippen molar-refractivity contribution < 1.29 is 14.7 Å². The first kappa shape index (κ1) is 16.5. The molecule has 6 nitrogen and oxygen atoms in total. The molecule has 2 rings (SSSR count). The first-order chi connectivity index (χ1) is 10.9. The minimum absolute atomic E-state index is 0.272. The molecule has 4 N–H and O–H groups in total. The second kappa shape index (κ2) is 6.50. The van der Waals surface area contributed by atoms with Crippen LogP contribution in [0, 0.1) is 0 Å². The Balaban J connectivity index is 2.35. The molecule has 3 amide bonds. The van der Waals surface area contributed by atoms with Crippen molar-refractivity contribution in [3.63, 3.8) is 0 Å². The standard InChI is InChI=1S/C17H19N3O3/c1-20(2)16(22)19-14-10-8-13(9-11-14)17(23,15(18)21)12-6-4-3-5-7-12/h3-11,23H,1-2H3,(H2,18,21)(H,19,22). The second-order valence-corrected chi connectivity index (χ2v) is 5.34. The van der Waals surface area contributed by atoms with E-state index < -0.39 is 11.5 Å². The van der Waals surface area contributed by atoms with Crippen molar-refractivity contribution in [3.8, 4) is 0 Å². The summed E-state index contributed by atoms with van der Waals surface area (Å²) in [4.78, 5) is 24.9. The van der Waals surface area contributed by atoms with Crippen molar-refractivity contribution in [2.45, 2.75) is 5.60 Å². The molecule has 6 heteroatoms. The Kier molecular flexibility index (Phi) is 4.66. The number of aliphatic hydroxyl groups is 1. The smallest absolute Gasteiger partial charge is 0.321 e. The molecule has 2 aromatic carbocycles. The molecule has 0 saturated carbocycles. The molecule has 120 valence electrons. The average Bonchev–Trinajstić information content (AvgIpc) is 2.55. The van der Waals surface area contributed by atoms with Crippen LogP contribution in [-0.2, 0) is 10.4 Å². The van der Waals surface area contributed by atoms with E-state index in [1.54, 1.807) is 68.7 Å². The molecule has 0 aliphatic carbocycles. The summed E-state index contributed by atoms with van der Waals surface area (Å²) >= 11 is 0. The Morgan fingerprint density at radius 1 is 1.00 bits per heavy atom. The van der Waals surface area contributed by atoms with Gasteiger partial charge < -0.3 is 21.1 Å². The quantitative estimate of drug-likeness (QED) is 0.798. The van der Waals surface area contributed by atoms with Crippen molar-refractivity contribution in [2.24, 2.45) is 5.73 Å². The highest BCUT2D eigenvalue weighted by Gasteiger charge is 2.37. The lowest BCUT2D eigenvalue weighted by atomic mass is 9.85. The van der Waals surface area contributed by atoms with Crippen LogP contribution in [-0.4, -0.2) is 36.0 Å². The van der Waals surface area contributed by atoms with Crippen LogP contribution in [0.1, 0.15) is 11.1 Å². The van der Waals surface area contributed by atoms with Gasteiger partial charge in [-0.1, -0.05) is 42.5 Å². The van der Waals surface area contributed by atoms with Crippen molar-refractivity contribution in [1.82, 2.24) is 4.90 Å². The highest BCUT2D eigenvalue weighted by atomic mass is 16.3. The number of nitrogens with zero attached hydrogens (tertiary/aromatic N) is 1. The summed E-state index contributed by atoms with van der Waals surface area (Å²) in [6.07, 6.45) is 0. The lowest BCUT2D eigenvalue weighted by Gasteiger charge is -2.26. The molecule has 0 heterocycles. The summed E-state index contributed by atoms with van der Waals surface area (Å²) in [5.41, 5.74) is 4.77. The Bertz CT molecular complexity index is 699. The van der Waals surface area contributed by atoms with Gasteiger partial charge in [0.2, 0.25) is 0 Å². The summed E-state index contributed by atoms with van der Waals surface area (Å²) in [5, 5.41) is 13.5. The molecule has 0 saturated heterocycles. The maximum Gasteiger partial charge on any atom is 0.321 e. The molecule has 0 aliphatic rings. The minimum atomic E-state index is -1.93.